The second-order valence-corrected chi connectivity index (χ2v) is 5.16. The molecule has 0 amide bonds. The minimum atomic E-state index is 0.632. The molecule has 0 radical (unpaired) electrons. The molecule has 1 aromatic heterocycles. The van der Waals surface area contributed by atoms with Gasteiger partial charge in [0, 0.05) is 12.1 Å². The third-order valence-electron chi connectivity index (χ3n) is 3.00. The van der Waals surface area contributed by atoms with Crippen molar-refractivity contribution in [2.75, 3.05) is 0 Å². The second kappa shape index (κ2) is 4.94. The highest BCUT2D eigenvalue weighted by Gasteiger charge is 2.16. The van der Waals surface area contributed by atoms with E-state index in [1.54, 1.807) is 11.3 Å². The highest BCUT2D eigenvalue weighted by atomic mass is 32.1. The highest BCUT2D eigenvalue weighted by Crippen LogP contribution is 2.19. The molecular weight excluding hydrogens is 190 g/mol. The molecule has 1 aliphatic rings. The molecule has 1 saturated carbocycles. The van der Waals surface area contributed by atoms with Gasteiger partial charge in [0.15, 0.2) is 0 Å². The molecule has 1 aromatic rings. The molecule has 14 heavy (non-hydrogen) atoms. The predicted octanol–water partition coefficient (Wildman–Crippen LogP) is 3.21. The van der Waals surface area contributed by atoms with Gasteiger partial charge in [0.25, 0.3) is 0 Å². The van der Waals surface area contributed by atoms with Gasteiger partial charge in [-0.15, -0.1) is 0 Å². The lowest BCUT2D eigenvalue weighted by atomic mass is 10.1. The Hall–Kier alpha value is -0.340. The van der Waals surface area contributed by atoms with E-state index in [1.807, 2.05) is 0 Å². The van der Waals surface area contributed by atoms with Gasteiger partial charge in [-0.25, -0.2) is 0 Å². The monoisotopic (exact) mass is 209 g/mol. The maximum atomic E-state index is 3.72. The zero-order valence-corrected chi connectivity index (χ0v) is 9.65. The van der Waals surface area contributed by atoms with Crippen LogP contribution in [0, 0.1) is 0 Å². The van der Waals surface area contributed by atoms with Crippen LogP contribution in [0.1, 0.15) is 38.2 Å². The van der Waals surface area contributed by atoms with E-state index in [1.165, 1.54) is 37.7 Å². The Kier molecular flexibility index (Phi) is 3.60. The molecule has 0 spiro atoms. The lowest BCUT2D eigenvalue weighted by Crippen LogP contribution is -2.35. The minimum absolute atomic E-state index is 0.632. The molecular formula is C12H19NS. The van der Waals surface area contributed by atoms with Gasteiger partial charge in [0.1, 0.15) is 0 Å². The van der Waals surface area contributed by atoms with Crippen LogP contribution in [0.25, 0.3) is 0 Å². The Balaban J connectivity index is 1.75. The zero-order chi connectivity index (χ0) is 9.80. The van der Waals surface area contributed by atoms with Crippen molar-refractivity contribution in [2.45, 2.75) is 51.1 Å². The average Bonchev–Trinajstić information content (AvgIpc) is 2.76. The SMILES string of the molecule is CC(Cc1ccsc1)NC1CCCC1. The van der Waals surface area contributed by atoms with Crippen molar-refractivity contribution in [3.63, 3.8) is 0 Å². The Labute approximate surface area is 90.5 Å². The molecule has 1 nitrogen and oxygen atoms in total. The smallest absolute Gasteiger partial charge is 0.00820 e. The zero-order valence-electron chi connectivity index (χ0n) is 8.83. The lowest BCUT2D eigenvalue weighted by molar-refractivity contribution is 0.448. The fraction of sp³-hybridized carbons (Fsp3) is 0.667. The average molecular weight is 209 g/mol. The Bertz CT molecular complexity index is 249. The summed E-state index contributed by atoms with van der Waals surface area (Å²) in [7, 11) is 0. The standard InChI is InChI=1S/C12H19NS/c1-10(8-11-6-7-14-9-11)13-12-4-2-3-5-12/h6-7,9-10,12-13H,2-5,8H2,1H3. The molecule has 1 heterocycles. The normalized spacial score (nSPS) is 20.1. The fourth-order valence-electron chi connectivity index (χ4n) is 2.32. The van der Waals surface area contributed by atoms with Gasteiger partial charge in [-0.1, -0.05) is 12.8 Å². The Morgan fingerprint density at radius 2 is 2.29 bits per heavy atom. The van der Waals surface area contributed by atoms with Crippen LogP contribution in [-0.4, -0.2) is 12.1 Å². The van der Waals surface area contributed by atoms with Crippen LogP contribution in [0.4, 0.5) is 0 Å². The Morgan fingerprint density at radius 3 is 2.93 bits per heavy atom. The molecule has 1 unspecified atom stereocenters. The third kappa shape index (κ3) is 2.82. The van der Waals surface area contributed by atoms with E-state index < -0.39 is 0 Å². The summed E-state index contributed by atoms with van der Waals surface area (Å²) in [5.74, 6) is 0. The second-order valence-electron chi connectivity index (χ2n) is 4.38. The van der Waals surface area contributed by atoms with E-state index >= 15 is 0 Å². The van der Waals surface area contributed by atoms with E-state index in [-0.39, 0.29) is 0 Å². The summed E-state index contributed by atoms with van der Waals surface area (Å²) in [6, 6.07) is 3.66. The van der Waals surface area contributed by atoms with Crippen LogP contribution in [0.5, 0.6) is 0 Å². The van der Waals surface area contributed by atoms with Crippen molar-refractivity contribution >= 4 is 11.3 Å². The van der Waals surface area contributed by atoms with Crippen molar-refractivity contribution in [1.82, 2.24) is 5.32 Å². The number of nitrogens with one attached hydrogen (secondary N) is 1. The van der Waals surface area contributed by atoms with E-state index in [0.717, 1.165) is 6.04 Å². The van der Waals surface area contributed by atoms with Crippen LogP contribution in [0.3, 0.4) is 0 Å². The largest absolute Gasteiger partial charge is 0.311 e. The fourth-order valence-corrected chi connectivity index (χ4v) is 3.00. The summed E-state index contributed by atoms with van der Waals surface area (Å²) in [5, 5.41) is 8.14. The van der Waals surface area contributed by atoms with Gasteiger partial charge in [0.2, 0.25) is 0 Å². The molecule has 2 rings (SSSR count). The minimum Gasteiger partial charge on any atom is -0.311 e. The van der Waals surface area contributed by atoms with Gasteiger partial charge < -0.3 is 5.32 Å². The summed E-state index contributed by atoms with van der Waals surface area (Å²) < 4.78 is 0. The van der Waals surface area contributed by atoms with E-state index in [0.29, 0.717) is 6.04 Å². The molecule has 0 bridgehead atoms. The van der Waals surface area contributed by atoms with Crippen molar-refractivity contribution in [3.8, 4) is 0 Å². The highest BCUT2D eigenvalue weighted by molar-refractivity contribution is 7.07. The molecule has 1 aliphatic carbocycles. The molecule has 0 aliphatic heterocycles. The van der Waals surface area contributed by atoms with Crippen LogP contribution in [-0.2, 0) is 6.42 Å². The number of rotatable bonds is 4. The summed E-state index contributed by atoms with van der Waals surface area (Å²) in [6.45, 7) is 2.30. The molecule has 0 saturated heterocycles. The first kappa shape index (κ1) is 10.2. The van der Waals surface area contributed by atoms with Crippen LogP contribution < -0.4 is 5.32 Å². The molecule has 78 valence electrons. The van der Waals surface area contributed by atoms with Crippen LogP contribution in [0.15, 0.2) is 16.8 Å². The number of thiophene rings is 1. The van der Waals surface area contributed by atoms with Crippen molar-refractivity contribution in [3.05, 3.63) is 22.4 Å². The summed E-state index contributed by atoms with van der Waals surface area (Å²) in [6.07, 6.45) is 6.79. The summed E-state index contributed by atoms with van der Waals surface area (Å²) in [4.78, 5) is 0. The van der Waals surface area contributed by atoms with Crippen LogP contribution >= 0.6 is 11.3 Å². The summed E-state index contributed by atoms with van der Waals surface area (Å²) in [5.41, 5.74) is 1.48. The summed E-state index contributed by atoms with van der Waals surface area (Å²) >= 11 is 1.80. The van der Waals surface area contributed by atoms with E-state index in [4.69, 9.17) is 0 Å². The first-order valence-electron chi connectivity index (χ1n) is 5.62. The molecule has 2 heteroatoms. The van der Waals surface area contributed by atoms with Crippen molar-refractivity contribution in [2.24, 2.45) is 0 Å². The maximum Gasteiger partial charge on any atom is 0.00820 e. The number of hydrogen-bond acceptors (Lipinski definition) is 2. The molecule has 1 N–H and O–H groups in total. The van der Waals surface area contributed by atoms with E-state index in [2.05, 4.69) is 29.1 Å². The molecule has 0 aromatic carbocycles. The topological polar surface area (TPSA) is 12.0 Å². The quantitative estimate of drug-likeness (QED) is 0.803. The van der Waals surface area contributed by atoms with Gasteiger partial charge in [-0.2, -0.15) is 11.3 Å². The van der Waals surface area contributed by atoms with Gasteiger partial charge in [-0.3, -0.25) is 0 Å². The Morgan fingerprint density at radius 1 is 1.50 bits per heavy atom. The third-order valence-corrected chi connectivity index (χ3v) is 3.73. The molecule has 1 fully saturated rings. The number of hydrogen-bond donors (Lipinski definition) is 1. The maximum absolute atomic E-state index is 3.72. The van der Waals surface area contributed by atoms with Crippen LogP contribution in [0.2, 0.25) is 0 Å². The molecule has 1 atom stereocenters. The van der Waals surface area contributed by atoms with Crippen molar-refractivity contribution in [1.29, 1.82) is 0 Å². The first-order chi connectivity index (χ1) is 6.84. The van der Waals surface area contributed by atoms with Gasteiger partial charge >= 0.3 is 0 Å². The van der Waals surface area contributed by atoms with Gasteiger partial charge in [0.05, 0.1) is 0 Å². The van der Waals surface area contributed by atoms with Crippen molar-refractivity contribution < 1.29 is 0 Å². The first-order valence-corrected chi connectivity index (χ1v) is 6.56. The predicted molar refractivity (Wildman–Crippen MR) is 62.9 cm³/mol. The van der Waals surface area contributed by atoms with E-state index in [9.17, 15) is 0 Å². The van der Waals surface area contributed by atoms with Gasteiger partial charge in [-0.05, 0) is 48.6 Å². The lowest BCUT2D eigenvalue weighted by Gasteiger charge is -2.18.